The molecule has 0 heterocycles. The molecule has 0 aliphatic rings. The van der Waals surface area contributed by atoms with E-state index in [9.17, 15) is 4.79 Å². The average Bonchev–Trinajstić information content (AvgIpc) is 2.02. The van der Waals surface area contributed by atoms with Gasteiger partial charge >= 0.3 is 0 Å². The number of hydrogen-bond donors (Lipinski definition) is 0. The van der Waals surface area contributed by atoms with Gasteiger partial charge in [0.1, 0.15) is 5.78 Å². The molecule has 0 bridgehead atoms. The van der Waals surface area contributed by atoms with Crippen LogP contribution in [0.5, 0.6) is 0 Å². The second kappa shape index (κ2) is 8.03. The molecule has 0 aliphatic heterocycles. The Hall–Kier alpha value is -0.590. The molecule has 0 aromatic heterocycles. The molecule has 0 amide bonds. The minimum atomic E-state index is 0.318. The van der Waals surface area contributed by atoms with Crippen molar-refractivity contribution in [2.45, 2.75) is 52.4 Å². The van der Waals surface area contributed by atoms with Crippen LogP contribution in [0.2, 0.25) is 0 Å². The molecule has 1 unspecified atom stereocenters. The molecule has 0 saturated heterocycles. The second-order valence-electron chi connectivity index (χ2n) is 3.94. The van der Waals surface area contributed by atoms with Crippen molar-refractivity contribution in [1.29, 1.82) is 0 Å². The van der Waals surface area contributed by atoms with Gasteiger partial charge in [0.15, 0.2) is 0 Å². The Bertz CT molecular complexity index is 149. The van der Waals surface area contributed by atoms with E-state index in [1.54, 1.807) is 6.92 Å². The van der Waals surface area contributed by atoms with Crippen LogP contribution in [0.1, 0.15) is 52.4 Å². The van der Waals surface area contributed by atoms with Crippen LogP contribution in [0.15, 0.2) is 12.7 Å². The van der Waals surface area contributed by atoms with Crippen LogP contribution in [-0.4, -0.2) is 5.78 Å². The highest BCUT2D eigenvalue weighted by Gasteiger charge is 2.04. The van der Waals surface area contributed by atoms with E-state index in [-0.39, 0.29) is 0 Å². The summed E-state index contributed by atoms with van der Waals surface area (Å²) in [6.45, 7) is 7.52. The minimum absolute atomic E-state index is 0.318. The number of carbonyl (C=O) groups excluding carboxylic acids is 1. The number of ketones is 1. The molecule has 0 spiro atoms. The lowest BCUT2D eigenvalue weighted by Gasteiger charge is -2.07. The molecule has 0 rings (SSSR count). The lowest BCUT2D eigenvalue weighted by atomic mass is 9.98. The Morgan fingerprint density at radius 3 is 2.62 bits per heavy atom. The van der Waals surface area contributed by atoms with E-state index < -0.39 is 0 Å². The van der Waals surface area contributed by atoms with Crippen LogP contribution < -0.4 is 0 Å². The molecule has 1 heteroatoms. The summed E-state index contributed by atoms with van der Waals surface area (Å²) < 4.78 is 0. The number of hydrogen-bond acceptors (Lipinski definition) is 1. The van der Waals surface area contributed by atoms with Crippen molar-refractivity contribution < 1.29 is 4.79 Å². The van der Waals surface area contributed by atoms with Gasteiger partial charge in [0, 0.05) is 6.42 Å². The van der Waals surface area contributed by atoms with Crippen molar-refractivity contribution >= 4 is 5.78 Å². The summed E-state index contributed by atoms with van der Waals surface area (Å²) in [7, 11) is 0. The van der Waals surface area contributed by atoms with Crippen molar-refractivity contribution in [2.24, 2.45) is 5.92 Å². The zero-order chi connectivity index (χ0) is 10.1. The van der Waals surface area contributed by atoms with Gasteiger partial charge in [0.2, 0.25) is 0 Å². The number of rotatable bonds is 8. The first-order valence-corrected chi connectivity index (χ1v) is 5.27. The molecule has 1 nitrogen and oxygen atoms in total. The average molecular weight is 182 g/mol. The summed E-state index contributed by atoms with van der Waals surface area (Å²) in [4.78, 5) is 10.8. The highest BCUT2D eigenvalue weighted by molar-refractivity contribution is 5.75. The molecule has 0 N–H and O–H groups in total. The van der Waals surface area contributed by atoms with Gasteiger partial charge in [-0.3, -0.25) is 0 Å². The summed E-state index contributed by atoms with van der Waals surface area (Å²) in [6.07, 6.45) is 8.81. The molecule has 0 aromatic carbocycles. The molecular formula is C12H22O. The predicted octanol–water partition coefficient (Wildman–Crippen LogP) is 3.74. The monoisotopic (exact) mass is 182 g/mol. The van der Waals surface area contributed by atoms with Crippen LogP contribution >= 0.6 is 0 Å². The molecule has 13 heavy (non-hydrogen) atoms. The van der Waals surface area contributed by atoms with Crippen molar-refractivity contribution in [3.63, 3.8) is 0 Å². The van der Waals surface area contributed by atoms with Gasteiger partial charge < -0.3 is 4.79 Å². The molecule has 0 radical (unpaired) electrons. The number of allylic oxidation sites excluding steroid dienone is 1. The summed E-state index contributed by atoms with van der Waals surface area (Å²) in [5.74, 6) is 0.889. The number of Topliss-reactive ketones (excluding diaryl/α,β-unsaturated/α-hetero) is 1. The highest BCUT2D eigenvalue weighted by atomic mass is 16.1. The van der Waals surface area contributed by atoms with Gasteiger partial charge in [0.05, 0.1) is 0 Å². The third kappa shape index (κ3) is 9.32. The molecule has 1 atom stereocenters. The highest BCUT2D eigenvalue weighted by Crippen LogP contribution is 2.13. The standard InChI is InChI=1S/C12H22O/c1-4-5-6-7-8-9-11(2)10-12(3)13/h4,11H,1,5-10H2,2-3H3. The van der Waals surface area contributed by atoms with Gasteiger partial charge in [-0.1, -0.05) is 32.3 Å². The van der Waals surface area contributed by atoms with Crippen LogP contribution in [-0.2, 0) is 4.79 Å². The zero-order valence-corrected chi connectivity index (χ0v) is 9.01. The fourth-order valence-corrected chi connectivity index (χ4v) is 1.55. The van der Waals surface area contributed by atoms with Crippen molar-refractivity contribution in [2.75, 3.05) is 0 Å². The van der Waals surface area contributed by atoms with E-state index in [4.69, 9.17) is 0 Å². The lowest BCUT2D eigenvalue weighted by molar-refractivity contribution is -0.117. The van der Waals surface area contributed by atoms with Crippen LogP contribution in [0.25, 0.3) is 0 Å². The molecular weight excluding hydrogens is 160 g/mol. The van der Waals surface area contributed by atoms with Crippen LogP contribution in [0, 0.1) is 5.92 Å². The Kier molecular flexibility index (Phi) is 7.66. The molecule has 0 aromatic rings. The first-order chi connectivity index (χ1) is 6.16. The molecule has 0 saturated carbocycles. The van der Waals surface area contributed by atoms with Gasteiger partial charge in [-0.25, -0.2) is 0 Å². The third-order valence-corrected chi connectivity index (χ3v) is 2.24. The lowest BCUT2D eigenvalue weighted by Crippen LogP contribution is -2.01. The van der Waals surface area contributed by atoms with Crippen molar-refractivity contribution in [3.8, 4) is 0 Å². The molecule has 0 aliphatic carbocycles. The van der Waals surface area contributed by atoms with E-state index in [0.717, 1.165) is 12.8 Å². The second-order valence-corrected chi connectivity index (χ2v) is 3.94. The van der Waals surface area contributed by atoms with Gasteiger partial charge in [-0.2, -0.15) is 0 Å². The first kappa shape index (κ1) is 12.4. The van der Waals surface area contributed by atoms with Gasteiger partial charge in [0.25, 0.3) is 0 Å². The van der Waals surface area contributed by atoms with E-state index in [1.807, 2.05) is 6.08 Å². The fourth-order valence-electron chi connectivity index (χ4n) is 1.55. The number of carbonyl (C=O) groups is 1. The largest absolute Gasteiger partial charge is 0.300 e. The fraction of sp³-hybridized carbons (Fsp3) is 0.750. The first-order valence-electron chi connectivity index (χ1n) is 5.27. The topological polar surface area (TPSA) is 17.1 Å². The zero-order valence-electron chi connectivity index (χ0n) is 9.01. The van der Waals surface area contributed by atoms with Crippen molar-refractivity contribution in [3.05, 3.63) is 12.7 Å². The molecule has 76 valence electrons. The third-order valence-electron chi connectivity index (χ3n) is 2.24. The van der Waals surface area contributed by atoms with E-state index in [2.05, 4.69) is 13.5 Å². The Morgan fingerprint density at radius 2 is 2.08 bits per heavy atom. The SMILES string of the molecule is C=CCCCCCC(C)CC(C)=O. The summed E-state index contributed by atoms with van der Waals surface area (Å²) in [5.41, 5.74) is 0. The Morgan fingerprint density at radius 1 is 1.38 bits per heavy atom. The van der Waals surface area contributed by atoms with Gasteiger partial charge in [-0.05, 0) is 25.7 Å². The normalized spacial score (nSPS) is 12.5. The van der Waals surface area contributed by atoms with E-state index >= 15 is 0 Å². The maximum Gasteiger partial charge on any atom is 0.130 e. The van der Waals surface area contributed by atoms with Crippen LogP contribution in [0.4, 0.5) is 0 Å². The quantitative estimate of drug-likeness (QED) is 0.413. The predicted molar refractivity (Wildman–Crippen MR) is 57.7 cm³/mol. The van der Waals surface area contributed by atoms with E-state index in [0.29, 0.717) is 11.7 Å². The van der Waals surface area contributed by atoms with Gasteiger partial charge in [-0.15, -0.1) is 6.58 Å². The maximum atomic E-state index is 10.8. The van der Waals surface area contributed by atoms with E-state index in [1.165, 1.54) is 25.7 Å². The van der Waals surface area contributed by atoms with Crippen LogP contribution in [0.3, 0.4) is 0 Å². The Labute approximate surface area is 82.2 Å². The number of unbranched alkanes of at least 4 members (excludes halogenated alkanes) is 3. The van der Waals surface area contributed by atoms with Crippen molar-refractivity contribution in [1.82, 2.24) is 0 Å². The smallest absolute Gasteiger partial charge is 0.130 e. The summed E-state index contributed by atoms with van der Waals surface area (Å²) in [5, 5.41) is 0. The maximum absolute atomic E-state index is 10.8. The summed E-state index contributed by atoms with van der Waals surface area (Å²) in [6, 6.07) is 0. The molecule has 0 fully saturated rings. The summed E-state index contributed by atoms with van der Waals surface area (Å²) >= 11 is 0. The minimum Gasteiger partial charge on any atom is -0.300 e. The Balaban J connectivity index is 3.21.